The second kappa shape index (κ2) is 7.76. The first-order valence-corrected chi connectivity index (χ1v) is 10.2. The van der Waals surface area contributed by atoms with Crippen LogP contribution in [0.4, 0.5) is 19.0 Å². The Morgan fingerprint density at radius 3 is 2.43 bits per heavy atom. The maximum atomic E-state index is 13.2. The van der Waals surface area contributed by atoms with Gasteiger partial charge in [0.15, 0.2) is 0 Å². The number of allylic oxidation sites excluding steroid dienone is 2. The van der Waals surface area contributed by atoms with Crippen LogP contribution in [0.15, 0.2) is 24.4 Å². The Morgan fingerprint density at radius 1 is 1.10 bits per heavy atom. The lowest BCUT2D eigenvalue weighted by Crippen LogP contribution is -2.44. The molecule has 2 heterocycles. The minimum atomic E-state index is -4.52. The van der Waals surface area contributed by atoms with Crippen molar-refractivity contribution in [2.24, 2.45) is 23.7 Å². The van der Waals surface area contributed by atoms with Gasteiger partial charge in [0.1, 0.15) is 5.82 Å². The van der Waals surface area contributed by atoms with Crippen LogP contribution in [0.3, 0.4) is 0 Å². The van der Waals surface area contributed by atoms with Gasteiger partial charge < -0.3 is 14.9 Å². The Hall–Kier alpha value is -2.29. The van der Waals surface area contributed by atoms with Gasteiger partial charge in [-0.1, -0.05) is 23.8 Å². The lowest BCUT2D eigenvalue weighted by atomic mass is 9.82. The molecule has 1 saturated carbocycles. The van der Waals surface area contributed by atoms with E-state index in [-0.39, 0.29) is 28.6 Å². The zero-order valence-corrected chi connectivity index (χ0v) is 16.7. The minimum Gasteiger partial charge on any atom is -0.481 e. The van der Waals surface area contributed by atoms with Gasteiger partial charge in [-0.2, -0.15) is 13.2 Å². The summed E-state index contributed by atoms with van der Waals surface area (Å²) in [5, 5.41) is 9.50. The standard InChI is InChI=1S/C20H21ClF3N3O3/c21-14-9-13(20(22,23)24)10-25-17(14)26-4-1-5-27(7-6-26)18(28)15-11-2-3-12(8-11)16(15)19(29)30/h2-3,9-12,15-16H,1,4-8H2,(H,29,30). The lowest BCUT2D eigenvalue weighted by molar-refractivity contribution is -0.151. The van der Waals surface area contributed by atoms with Crippen LogP contribution in [-0.4, -0.2) is 53.0 Å². The third kappa shape index (κ3) is 3.75. The molecule has 1 aromatic heterocycles. The Balaban J connectivity index is 1.46. The van der Waals surface area contributed by atoms with Crippen LogP contribution in [0.2, 0.25) is 5.02 Å². The van der Waals surface area contributed by atoms with Gasteiger partial charge in [-0.3, -0.25) is 9.59 Å². The fourth-order valence-corrected chi connectivity index (χ4v) is 5.16. The van der Waals surface area contributed by atoms with Crippen molar-refractivity contribution in [1.82, 2.24) is 9.88 Å². The molecule has 2 aliphatic carbocycles. The molecule has 2 bridgehead atoms. The van der Waals surface area contributed by atoms with Crippen molar-refractivity contribution in [3.05, 3.63) is 35.0 Å². The number of fused-ring (bicyclic) bond motifs is 2. The molecule has 0 radical (unpaired) electrons. The van der Waals surface area contributed by atoms with Crippen LogP contribution in [0.25, 0.3) is 0 Å². The summed E-state index contributed by atoms with van der Waals surface area (Å²) >= 11 is 6.06. The number of nitrogens with zero attached hydrogens (tertiary/aromatic N) is 3. The maximum absolute atomic E-state index is 13.2. The number of anilines is 1. The molecule has 1 aliphatic heterocycles. The van der Waals surface area contributed by atoms with Crippen molar-refractivity contribution in [2.45, 2.75) is 19.0 Å². The summed E-state index contributed by atoms with van der Waals surface area (Å²) in [6.07, 6.45) is 1.36. The number of amides is 1. The lowest BCUT2D eigenvalue weighted by Gasteiger charge is -2.30. The molecule has 6 nitrogen and oxygen atoms in total. The van der Waals surface area contributed by atoms with Gasteiger partial charge in [0.2, 0.25) is 5.91 Å². The average Bonchev–Trinajstić information content (AvgIpc) is 3.21. The van der Waals surface area contributed by atoms with Gasteiger partial charge in [0, 0.05) is 32.4 Å². The van der Waals surface area contributed by atoms with Crippen LogP contribution >= 0.6 is 11.6 Å². The summed E-state index contributed by atoms with van der Waals surface area (Å²) in [7, 11) is 0. The van der Waals surface area contributed by atoms with Gasteiger partial charge in [-0.05, 0) is 30.7 Å². The van der Waals surface area contributed by atoms with Crippen LogP contribution < -0.4 is 4.90 Å². The smallest absolute Gasteiger partial charge is 0.417 e. The molecule has 0 spiro atoms. The number of pyridine rings is 1. The number of carboxylic acid groups (broad SMARTS) is 1. The average molecular weight is 444 g/mol. The predicted molar refractivity (Wildman–Crippen MR) is 103 cm³/mol. The fraction of sp³-hybridized carbons (Fsp3) is 0.550. The number of hydrogen-bond acceptors (Lipinski definition) is 4. The molecule has 3 aliphatic rings. The van der Waals surface area contributed by atoms with Gasteiger partial charge in [0.05, 0.1) is 22.4 Å². The summed E-state index contributed by atoms with van der Waals surface area (Å²) in [5.41, 5.74) is -0.910. The van der Waals surface area contributed by atoms with Crippen LogP contribution in [0, 0.1) is 23.7 Å². The number of rotatable bonds is 3. The SMILES string of the molecule is O=C(O)C1C2C=CC(C2)C1C(=O)N1CCCN(c2ncc(C(F)(F)F)cc2Cl)CC1. The van der Waals surface area contributed by atoms with E-state index in [1.807, 2.05) is 12.2 Å². The van der Waals surface area contributed by atoms with Crippen molar-refractivity contribution < 1.29 is 27.9 Å². The van der Waals surface area contributed by atoms with E-state index in [9.17, 15) is 27.9 Å². The third-order valence-electron chi connectivity index (χ3n) is 6.29. The van der Waals surface area contributed by atoms with Crippen molar-refractivity contribution >= 4 is 29.3 Å². The van der Waals surface area contributed by atoms with Crippen LogP contribution in [0.1, 0.15) is 18.4 Å². The zero-order chi connectivity index (χ0) is 21.6. The quantitative estimate of drug-likeness (QED) is 0.725. The molecule has 0 aromatic carbocycles. The number of aliphatic carboxylic acids is 1. The predicted octanol–water partition coefficient (Wildman–Crippen LogP) is 3.32. The molecule has 162 valence electrons. The Kier molecular flexibility index (Phi) is 5.42. The largest absolute Gasteiger partial charge is 0.481 e. The van der Waals surface area contributed by atoms with Crippen molar-refractivity contribution in [2.75, 3.05) is 31.1 Å². The highest BCUT2D eigenvalue weighted by Gasteiger charge is 2.52. The van der Waals surface area contributed by atoms with Crippen molar-refractivity contribution in [1.29, 1.82) is 0 Å². The summed E-state index contributed by atoms with van der Waals surface area (Å²) in [6.45, 7) is 1.64. The highest BCUT2D eigenvalue weighted by Crippen LogP contribution is 2.48. The summed E-state index contributed by atoms with van der Waals surface area (Å²) in [4.78, 5) is 32.2. The monoisotopic (exact) mass is 443 g/mol. The van der Waals surface area contributed by atoms with E-state index in [0.717, 1.165) is 12.3 Å². The zero-order valence-electron chi connectivity index (χ0n) is 16.0. The van der Waals surface area contributed by atoms with Gasteiger partial charge in [0.25, 0.3) is 0 Å². The highest BCUT2D eigenvalue weighted by atomic mass is 35.5. The van der Waals surface area contributed by atoms with E-state index in [0.29, 0.717) is 39.0 Å². The Labute approximate surface area is 176 Å². The molecule has 2 fully saturated rings. The molecule has 1 amide bonds. The van der Waals surface area contributed by atoms with E-state index < -0.39 is 29.5 Å². The maximum Gasteiger partial charge on any atom is 0.417 e. The third-order valence-corrected chi connectivity index (χ3v) is 6.56. The molecule has 4 rings (SSSR count). The molecular weight excluding hydrogens is 423 g/mol. The molecule has 30 heavy (non-hydrogen) atoms. The number of aromatic nitrogens is 1. The van der Waals surface area contributed by atoms with E-state index in [2.05, 4.69) is 4.98 Å². The van der Waals surface area contributed by atoms with Crippen molar-refractivity contribution in [3.63, 3.8) is 0 Å². The van der Waals surface area contributed by atoms with E-state index in [1.54, 1.807) is 9.80 Å². The Morgan fingerprint density at radius 2 is 1.80 bits per heavy atom. The molecule has 1 N–H and O–H groups in total. The van der Waals surface area contributed by atoms with Crippen LogP contribution in [0.5, 0.6) is 0 Å². The number of carbonyl (C=O) groups excluding carboxylic acids is 1. The first kappa shape index (κ1) is 21.0. The Bertz CT molecular complexity index is 892. The molecule has 1 saturated heterocycles. The fourth-order valence-electron chi connectivity index (χ4n) is 4.87. The van der Waals surface area contributed by atoms with E-state index in [1.165, 1.54) is 0 Å². The number of alkyl halides is 3. The first-order chi connectivity index (χ1) is 14.2. The molecule has 10 heteroatoms. The minimum absolute atomic E-state index is 0.0472. The topological polar surface area (TPSA) is 73.7 Å². The van der Waals surface area contributed by atoms with E-state index in [4.69, 9.17) is 11.6 Å². The molecule has 4 atom stereocenters. The molecule has 4 unspecified atom stereocenters. The second-order valence-corrected chi connectivity index (χ2v) is 8.44. The van der Waals surface area contributed by atoms with Gasteiger partial charge in [-0.25, -0.2) is 4.98 Å². The van der Waals surface area contributed by atoms with Gasteiger partial charge in [-0.15, -0.1) is 0 Å². The van der Waals surface area contributed by atoms with Crippen molar-refractivity contribution in [3.8, 4) is 0 Å². The van der Waals surface area contributed by atoms with Gasteiger partial charge >= 0.3 is 12.1 Å². The molecule has 1 aromatic rings. The molecular formula is C20H21ClF3N3O3. The summed E-state index contributed by atoms with van der Waals surface area (Å²) < 4.78 is 38.5. The number of carbonyl (C=O) groups is 2. The summed E-state index contributed by atoms with van der Waals surface area (Å²) in [6, 6.07) is 0.858. The highest BCUT2D eigenvalue weighted by molar-refractivity contribution is 6.33. The first-order valence-electron chi connectivity index (χ1n) is 9.84. The normalized spacial score (nSPS) is 28.7. The number of carboxylic acids is 1. The number of halogens is 4. The van der Waals surface area contributed by atoms with E-state index >= 15 is 0 Å². The second-order valence-electron chi connectivity index (χ2n) is 8.03. The number of hydrogen-bond donors (Lipinski definition) is 1. The summed E-state index contributed by atoms with van der Waals surface area (Å²) in [5.74, 6) is -2.25. The van der Waals surface area contributed by atoms with Crippen LogP contribution in [-0.2, 0) is 15.8 Å².